The Bertz CT molecular complexity index is 151. The number of aliphatic hydroxyl groups excluding tert-OH is 1. The average molecular weight is 202 g/mol. The summed E-state index contributed by atoms with van der Waals surface area (Å²) < 4.78 is 0. The van der Waals surface area contributed by atoms with Crippen molar-refractivity contribution in [1.29, 1.82) is 0 Å². The van der Waals surface area contributed by atoms with Gasteiger partial charge in [0.05, 0.1) is 6.10 Å². The molecule has 0 spiro atoms. The third-order valence-corrected chi connectivity index (χ3v) is 2.10. The van der Waals surface area contributed by atoms with Crippen LogP contribution in [0.5, 0.6) is 0 Å². The Morgan fingerprint density at radius 2 is 2.14 bits per heavy atom. The van der Waals surface area contributed by atoms with E-state index in [1.54, 1.807) is 0 Å². The Morgan fingerprint density at radius 3 is 2.71 bits per heavy atom. The minimum Gasteiger partial charge on any atom is -0.393 e. The lowest BCUT2D eigenvalue weighted by Gasteiger charge is -2.08. The summed E-state index contributed by atoms with van der Waals surface area (Å²) in [6.45, 7) is 3.37. The molecule has 0 aromatic carbocycles. The Balaban J connectivity index is 3.26. The molecule has 0 fully saturated rings. The van der Waals surface area contributed by atoms with E-state index in [2.05, 4.69) is 10.6 Å². The third-order valence-electron chi connectivity index (χ3n) is 2.10. The highest BCUT2D eigenvalue weighted by molar-refractivity contribution is 5.75. The highest BCUT2D eigenvalue weighted by Crippen LogP contribution is 1.94. The molecule has 0 bridgehead atoms. The topological polar surface area (TPSA) is 61.4 Å². The van der Waals surface area contributed by atoms with Gasteiger partial charge in [0.15, 0.2) is 0 Å². The molecule has 84 valence electrons. The van der Waals surface area contributed by atoms with Crippen LogP contribution < -0.4 is 10.6 Å². The molecule has 1 amide bonds. The van der Waals surface area contributed by atoms with E-state index in [9.17, 15) is 9.90 Å². The molecular formula is C10H22N2O2. The predicted octanol–water partition coefficient (Wildman–Crippen LogP) is 0.263. The Morgan fingerprint density at radius 1 is 1.43 bits per heavy atom. The minimum atomic E-state index is -0.285. The van der Waals surface area contributed by atoms with Gasteiger partial charge in [-0.1, -0.05) is 6.92 Å². The zero-order chi connectivity index (χ0) is 10.8. The second kappa shape index (κ2) is 8.97. The highest BCUT2D eigenvalue weighted by Gasteiger charge is 2.02. The van der Waals surface area contributed by atoms with Gasteiger partial charge in [0.25, 0.3) is 0 Å². The number of amides is 1. The summed E-state index contributed by atoms with van der Waals surface area (Å²) in [5.74, 6) is 0.0727. The van der Waals surface area contributed by atoms with Crippen molar-refractivity contribution >= 4 is 5.91 Å². The maximum Gasteiger partial charge on any atom is 0.220 e. The SMILES string of the molecule is CCC(O)CCNC(=O)CCCNC. The molecule has 14 heavy (non-hydrogen) atoms. The first-order valence-corrected chi connectivity index (χ1v) is 5.30. The van der Waals surface area contributed by atoms with Crippen molar-refractivity contribution in [3.05, 3.63) is 0 Å². The van der Waals surface area contributed by atoms with Crippen LogP contribution in [-0.4, -0.2) is 37.3 Å². The summed E-state index contributed by atoms with van der Waals surface area (Å²) >= 11 is 0. The van der Waals surface area contributed by atoms with E-state index in [0.29, 0.717) is 19.4 Å². The molecule has 0 aromatic heterocycles. The van der Waals surface area contributed by atoms with Crippen LogP contribution in [-0.2, 0) is 4.79 Å². The Labute approximate surface area is 86.1 Å². The van der Waals surface area contributed by atoms with Gasteiger partial charge in [-0.25, -0.2) is 0 Å². The molecule has 0 aliphatic heterocycles. The van der Waals surface area contributed by atoms with Gasteiger partial charge < -0.3 is 15.7 Å². The molecule has 0 rings (SSSR count). The monoisotopic (exact) mass is 202 g/mol. The molecule has 0 radical (unpaired) electrons. The van der Waals surface area contributed by atoms with Gasteiger partial charge in [-0.2, -0.15) is 0 Å². The fourth-order valence-corrected chi connectivity index (χ4v) is 1.10. The van der Waals surface area contributed by atoms with Gasteiger partial charge in [-0.15, -0.1) is 0 Å². The molecule has 0 aliphatic carbocycles. The molecule has 0 aromatic rings. The van der Waals surface area contributed by atoms with Crippen LogP contribution in [0.2, 0.25) is 0 Å². The van der Waals surface area contributed by atoms with Crippen molar-refractivity contribution in [3.8, 4) is 0 Å². The van der Waals surface area contributed by atoms with Crippen LogP contribution in [0.4, 0.5) is 0 Å². The lowest BCUT2D eigenvalue weighted by Crippen LogP contribution is -2.27. The van der Waals surface area contributed by atoms with Crippen molar-refractivity contribution in [1.82, 2.24) is 10.6 Å². The molecule has 0 aliphatic rings. The van der Waals surface area contributed by atoms with E-state index in [1.165, 1.54) is 0 Å². The van der Waals surface area contributed by atoms with Gasteiger partial charge >= 0.3 is 0 Å². The van der Waals surface area contributed by atoms with E-state index >= 15 is 0 Å². The fourth-order valence-electron chi connectivity index (χ4n) is 1.10. The van der Waals surface area contributed by atoms with Gasteiger partial charge in [-0.05, 0) is 32.9 Å². The normalized spacial score (nSPS) is 12.5. The number of rotatable bonds is 8. The molecule has 0 saturated carbocycles. The van der Waals surface area contributed by atoms with Gasteiger partial charge in [0.2, 0.25) is 5.91 Å². The maximum absolute atomic E-state index is 11.2. The van der Waals surface area contributed by atoms with Gasteiger partial charge in [0.1, 0.15) is 0 Å². The highest BCUT2D eigenvalue weighted by atomic mass is 16.3. The van der Waals surface area contributed by atoms with Crippen molar-refractivity contribution in [2.24, 2.45) is 0 Å². The largest absolute Gasteiger partial charge is 0.393 e. The van der Waals surface area contributed by atoms with Crippen LogP contribution >= 0.6 is 0 Å². The minimum absolute atomic E-state index is 0.0727. The fraction of sp³-hybridized carbons (Fsp3) is 0.900. The van der Waals surface area contributed by atoms with E-state index in [1.807, 2.05) is 14.0 Å². The van der Waals surface area contributed by atoms with Crippen LogP contribution in [0.1, 0.15) is 32.6 Å². The Hall–Kier alpha value is -0.610. The summed E-state index contributed by atoms with van der Waals surface area (Å²) in [6.07, 6.45) is 2.53. The number of carbonyl (C=O) groups is 1. The molecule has 3 N–H and O–H groups in total. The van der Waals surface area contributed by atoms with Gasteiger partial charge in [-0.3, -0.25) is 4.79 Å². The first kappa shape index (κ1) is 13.4. The first-order chi connectivity index (χ1) is 6.70. The molecule has 1 unspecified atom stereocenters. The number of hydrogen-bond acceptors (Lipinski definition) is 3. The summed E-state index contributed by atoms with van der Waals surface area (Å²) in [5.41, 5.74) is 0. The van der Waals surface area contributed by atoms with Crippen LogP contribution in [0, 0.1) is 0 Å². The summed E-state index contributed by atoms with van der Waals surface area (Å²) in [5, 5.41) is 15.0. The van der Waals surface area contributed by atoms with Crippen LogP contribution in [0.15, 0.2) is 0 Å². The molecule has 4 nitrogen and oxygen atoms in total. The van der Waals surface area contributed by atoms with Gasteiger partial charge in [0, 0.05) is 13.0 Å². The average Bonchev–Trinajstić information content (AvgIpc) is 2.18. The lowest BCUT2D eigenvalue weighted by atomic mass is 10.2. The molecule has 0 saturated heterocycles. The van der Waals surface area contributed by atoms with Crippen LogP contribution in [0.25, 0.3) is 0 Å². The number of hydrogen-bond donors (Lipinski definition) is 3. The second-order valence-corrected chi connectivity index (χ2v) is 3.41. The standard InChI is InChI=1S/C10H22N2O2/c1-3-9(13)6-8-12-10(14)5-4-7-11-2/h9,11,13H,3-8H2,1-2H3,(H,12,14). The lowest BCUT2D eigenvalue weighted by molar-refractivity contribution is -0.121. The van der Waals surface area contributed by atoms with Crippen molar-refractivity contribution < 1.29 is 9.90 Å². The smallest absolute Gasteiger partial charge is 0.220 e. The summed E-state index contributed by atoms with van der Waals surface area (Å²) in [4.78, 5) is 11.2. The first-order valence-electron chi connectivity index (χ1n) is 5.30. The maximum atomic E-state index is 11.2. The molecular weight excluding hydrogens is 180 g/mol. The zero-order valence-electron chi connectivity index (χ0n) is 9.18. The summed E-state index contributed by atoms with van der Waals surface area (Å²) in [7, 11) is 1.87. The van der Waals surface area contributed by atoms with Crippen molar-refractivity contribution in [3.63, 3.8) is 0 Å². The zero-order valence-corrected chi connectivity index (χ0v) is 9.18. The van der Waals surface area contributed by atoms with E-state index in [0.717, 1.165) is 19.4 Å². The van der Waals surface area contributed by atoms with Crippen molar-refractivity contribution in [2.45, 2.75) is 38.7 Å². The number of aliphatic hydroxyl groups is 1. The van der Waals surface area contributed by atoms with E-state index < -0.39 is 0 Å². The third kappa shape index (κ3) is 8.01. The van der Waals surface area contributed by atoms with E-state index in [4.69, 9.17) is 0 Å². The molecule has 1 atom stereocenters. The van der Waals surface area contributed by atoms with E-state index in [-0.39, 0.29) is 12.0 Å². The van der Waals surface area contributed by atoms with Crippen molar-refractivity contribution in [2.75, 3.05) is 20.1 Å². The number of carbonyl (C=O) groups excluding carboxylic acids is 1. The second-order valence-electron chi connectivity index (χ2n) is 3.41. The summed E-state index contributed by atoms with van der Waals surface area (Å²) in [6, 6.07) is 0. The van der Waals surface area contributed by atoms with Crippen LogP contribution in [0.3, 0.4) is 0 Å². The Kier molecular flexibility index (Phi) is 8.57. The molecule has 4 heteroatoms. The quantitative estimate of drug-likeness (QED) is 0.495. The predicted molar refractivity (Wildman–Crippen MR) is 57.1 cm³/mol. The number of nitrogens with one attached hydrogen (secondary N) is 2. The molecule has 0 heterocycles.